The van der Waals surface area contributed by atoms with Crippen molar-refractivity contribution in [2.75, 3.05) is 0 Å². The summed E-state index contributed by atoms with van der Waals surface area (Å²) in [4.78, 5) is 31.7. The van der Waals surface area contributed by atoms with Gasteiger partial charge in [-0.3, -0.25) is 9.36 Å². The Hall–Kier alpha value is -2.47. The third-order valence-electron chi connectivity index (χ3n) is 4.53. The van der Waals surface area contributed by atoms with Crippen molar-refractivity contribution in [3.63, 3.8) is 0 Å². The highest BCUT2D eigenvalue weighted by atomic mass is 32.1. The van der Waals surface area contributed by atoms with E-state index in [4.69, 9.17) is 4.74 Å². The number of ether oxygens (including phenoxy) is 1. The summed E-state index contributed by atoms with van der Waals surface area (Å²) < 4.78 is 6.75. The zero-order valence-electron chi connectivity index (χ0n) is 15.4. The van der Waals surface area contributed by atoms with E-state index in [-0.39, 0.29) is 11.7 Å². The fourth-order valence-electron chi connectivity index (χ4n) is 2.84. The van der Waals surface area contributed by atoms with Gasteiger partial charge in [0.2, 0.25) is 0 Å². The lowest BCUT2D eigenvalue weighted by Crippen LogP contribution is -2.31. The number of thiophene rings is 1. The van der Waals surface area contributed by atoms with Crippen LogP contribution < -0.4 is 5.56 Å². The Balaban J connectivity index is 2.11. The molecule has 0 saturated carbocycles. The van der Waals surface area contributed by atoms with Gasteiger partial charge in [-0.05, 0) is 32.8 Å². The van der Waals surface area contributed by atoms with E-state index in [2.05, 4.69) is 4.98 Å². The van der Waals surface area contributed by atoms with Crippen LogP contribution in [0.5, 0.6) is 0 Å². The molecule has 2 heterocycles. The van der Waals surface area contributed by atoms with E-state index in [1.165, 1.54) is 22.2 Å². The minimum Gasteiger partial charge on any atom is -0.461 e. The van der Waals surface area contributed by atoms with Gasteiger partial charge in [-0.25, -0.2) is 9.78 Å². The molecule has 2 aromatic heterocycles. The number of benzene rings is 1. The van der Waals surface area contributed by atoms with Crippen LogP contribution in [0.2, 0.25) is 0 Å². The normalized spacial score (nSPS) is 13.5. The first-order valence-corrected chi connectivity index (χ1v) is 9.51. The number of carbonyl (C=O) groups excluding carboxylic acids is 1. The summed E-state index contributed by atoms with van der Waals surface area (Å²) in [6, 6.07) is 9.06. The maximum Gasteiger partial charge on any atom is 0.329 e. The number of fused-ring (bicyclic) bond motifs is 1. The van der Waals surface area contributed by atoms with E-state index in [0.717, 1.165) is 22.4 Å². The lowest BCUT2D eigenvalue weighted by Gasteiger charge is -2.17. The van der Waals surface area contributed by atoms with E-state index in [0.29, 0.717) is 10.2 Å². The lowest BCUT2D eigenvalue weighted by atomic mass is 10.0. The van der Waals surface area contributed by atoms with Gasteiger partial charge >= 0.3 is 5.97 Å². The van der Waals surface area contributed by atoms with Crippen molar-refractivity contribution < 1.29 is 9.53 Å². The Kier molecular flexibility index (Phi) is 5.23. The number of aryl methyl sites for hydroxylation is 1. The van der Waals surface area contributed by atoms with Gasteiger partial charge in [-0.1, -0.05) is 37.3 Å². The van der Waals surface area contributed by atoms with Gasteiger partial charge in [-0.2, -0.15) is 0 Å². The van der Waals surface area contributed by atoms with Crippen molar-refractivity contribution in [3.8, 4) is 11.1 Å². The average Bonchev–Trinajstić information content (AvgIpc) is 2.98. The number of esters is 1. The number of rotatable bonds is 5. The summed E-state index contributed by atoms with van der Waals surface area (Å²) in [6.07, 6.45) is 1.99. The Bertz CT molecular complexity index is 991. The highest BCUT2D eigenvalue weighted by Crippen LogP contribution is 2.35. The van der Waals surface area contributed by atoms with Gasteiger partial charge in [-0.15, -0.1) is 11.3 Å². The van der Waals surface area contributed by atoms with E-state index < -0.39 is 12.0 Å². The summed E-state index contributed by atoms with van der Waals surface area (Å²) in [5.41, 5.74) is 1.65. The summed E-state index contributed by atoms with van der Waals surface area (Å²) >= 11 is 1.49. The van der Waals surface area contributed by atoms with Crippen molar-refractivity contribution in [2.45, 2.75) is 46.3 Å². The van der Waals surface area contributed by atoms with Crippen LogP contribution in [0.4, 0.5) is 0 Å². The lowest BCUT2D eigenvalue weighted by molar-refractivity contribution is -0.152. The van der Waals surface area contributed by atoms with Crippen LogP contribution in [0.25, 0.3) is 21.3 Å². The Morgan fingerprint density at radius 2 is 1.96 bits per heavy atom. The van der Waals surface area contributed by atoms with Gasteiger partial charge in [0.15, 0.2) is 0 Å². The minimum atomic E-state index is -0.725. The number of nitrogens with zero attached hydrogens (tertiary/aromatic N) is 2. The van der Waals surface area contributed by atoms with Gasteiger partial charge in [0.05, 0.1) is 17.8 Å². The second-order valence-electron chi connectivity index (χ2n) is 6.37. The van der Waals surface area contributed by atoms with E-state index in [1.807, 2.05) is 51.1 Å². The molecule has 2 atom stereocenters. The molecule has 136 valence electrons. The number of hydrogen-bond donors (Lipinski definition) is 0. The molecular formula is C20H22N2O3S. The van der Waals surface area contributed by atoms with Crippen LogP contribution in [0.3, 0.4) is 0 Å². The SMILES string of the molecule is CC[C@@H](C)OC(=O)[C@@H](C)n1cnc2sc(C)c(-c3ccccc3)c2c1=O. The van der Waals surface area contributed by atoms with E-state index in [9.17, 15) is 9.59 Å². The standard InChI is InChI=1S/C20H22N2O3S/c1-5-12(2)25-20(24)13(3)22-11-21-18-17(19(22)23)16(14(4)26-18)15-9-7-6-8-10-15/h6-13H,5H2,1-4H3/t12-,13-/m1/s1. The molecule has 0 radical (unpaired) electrons. The first kappa shape index (κ1) is 18.3. The number of hydrogen-bond acceptors (Lipinski definition) is 5. The van der Waals surface area contributed by atoms with Crippen LogP contribution in [-0.4, -0.2) is 21.6 Å². The fraction of sp³-hybridized carbons (Fsp3) is 0.350. The third kappa shape index (κ3) is 3.29. The first-order valence-electron chi connectivity index (χ1n) is 8.70. The van der Waals surface area contributed by atoms with Gasteiger partial charge in [0, 0.05) is 10.4 Å². The first-order chi connectivity index (χ1) is 12.4. The van der Waals surface area contributed by atoms with Crippen molar-refractivity contribution in [1.29, 1.82) is 0 Å². The zero-order chi connectivity index (χ0) is 18.8. The maximum absolute atomic E-state index is 13.2. The second-order valence-corrected chi connectivity index (χ2v) is 7.57. The molecule has 26 heavy (non-hydrogen) atoms. The molecule has 0 N–H and O–H groups in total. The zero-order valence-corrected chi connectivity index (χ0v) is 16.2. The summed E-state index contributed by atoms with van der Waals surface area (Å²) in [5.74, 6) is -0.421. The van der Waals surface area contributed by atoms with Crippen molar-refractivity contribution in [1.82, 2.24) is 9.55 Å². The van der Waals surface area contributed by atoms with Crippen molar-refractivity contribution in [3.05, 3.63) is 51.9 Å². The van der Waals surface area contributed by atoms with Gasteiger partial charge < -0.3 is 4.74 Å². The van der Waals surface area contributed by atoms with Crippen molar-refractivity contribution >= 4 is 27.5 Å². The van der Waals surface area contributed by atoms with Gasteiger partial charge in [0.25, 0.3) is 5.56 Å². The summed E-state index contributed by atoms with van der Waals surface area (Å²) in [5, 5.41) is 0.560. The topological polar surface area (TPSA) is 61.2 Å². The molecule has 1 aromatic carbocycles. The van der Waals surface area contributed by atoms with Crippen LogP contribution in [0.15, 0.2) is 41.5 Å². The van der Waals surface area contributed by atoms with Crippen molar-refractivity contribution in [2.24, 2.45) is 0 Å². The largest absolute Gasteiger partial charge is 0.461 e. The second kappa shape index (κ2) is 7.41. The minimum absolute atomic E-state index is 0.180. The predicted octanol–water partition coefficient (Wildman–Crippen LogP) is 4.34. The molecule has 3 aromatic rings. The van der Waals surface area contributed by atoms with E-state index in [1.54, 1.807) is 6.92 Å². The Labute approximate surface area is 156 Å². The number of carbonyl (C=O) groups is 1. The Morgan fingerprint density at radius 3 is 2.62 bits per heavy atom. The molecule has 0 saturated heterocycles. The maximum atomic E-state index is 13.2. The molecular weight excluding hydrogens is 348 g/mol. The van der Waals surface area contributed by atoms with Crippen LogP contribution in [0, 0.1) is 6.92 Å². The molecule has 0 unspecified atom stereocenters. The fourth-order valence-corrected chi connectivity index (χ4v) is 3.84. The van der Waals surface area contributed by atoms with Crippen LogP contribution in [0.1, 0.15) is 38.1 Å². The smallest absolute Gasteiger partial charge is 0.329 e. The molecule has 0 bridgehead atoms. The summed E-state index contributed by atoms with van der Waals surface area (Å²) in [7, 11) is 0. The molecule has 0 aliphatic carbocycles. The molecule has 0 aliphatic rings. The molecule has 0 amide bonds. The molecule has 3 rings (SSSR count). The highest BCUT2D eigenvalue weighted by Gasteiger charge is 2.23. The molecule has 0 spiro atoms. The van der Waals surface area contributed by atoms with Crippen LogP contribution in [-0.2, 0) is 9.53 Å². The molecule has 0 fully saturated rings. The summed E-state index contributed by atoms with van der Waals surface area (Å²) in [6.45, 7) is 7.44. The van der Waals surface area contributed by atoms with Gasteiger partial charge in [0.1, 0.15) is 10.9 Å². The highest BCUT2D eigenvalue weighted by molar-refractivity contribution is 7.19. The monoisotopic (exact) mass is 370 g/mol. The number of aromatic nitrogens is 2. The average molecular weight is 370 g/mol. The third-order valence-corrected chi connectivity index (χ3v) is 5.54. The quantitative estimate of drug-likeness (QED) is 0.627. The molecule has 6 heteroatoms. The van der Waals surface area contributed by atoms with E-state index >= 15 is 0 Å². The predicted molar refractivity (Wildman–Crippen MR) is 105 cm³/mol. The van der Waals surface area contributed by atoms with Crippen LogP contribution >= 0.6 is 11.3 Å². The Morgan fingerprint density at radius 1 is 1.27 bits per heavy atom. The molecule has 0 aliphatic heterocycles. The molecule has 5 nitrogen and oxygen atoms in total.